The Labute approximate surface area is 193 Å². The topological polar surface area (TPSA) is 84.4 Å². The molecule has 170 valence electrons. The lowest BCUT2D eigenvalue weighted by Gasteiger charge is -2.31. The highest BCUT2D eigenvalue weighted by molar-refractivity contribution is 6.04. The van der Waals surface area contributed by atoms with Gasteiger partial charge in [0.2, 0.25) is 0 Å². The van der Waals surface area contributed by atoms with E-state index in [0.717, 1.165) is 24.4 Å². The molecule has 0 unspecified atom stereocenters. The number of rotatable bonds is 6. The third kappa shape index (κ3) is 5.19. The fourth-order valence-corrected chi connectivity index (χ4v) is 4.06. The first-order valence-corrected chi connectivity index (χ1v) is 11.3. The molecule has 0 bridgehead atoms. The quantitative estimate of drug-likeness (QED) is 0.607. The third-order valence-corrected chi connectivity index (χ3v) is 5.84. The summed E-state index contributed by atoms with van der Waals surface area (Å²) in [5.41, 5.74) is 2.44. The van der Waals surface area contributed by atoms with Gasteiger partial charge in [0.05, 0.1) is 23.4 Å². The Morgan fingerprint density at radius 2 is 1.73 bits per heavy atom. The van der Waals surface area contributed by atoms with Gasteiger partial charge in [-0.05, 0) is 51.0 Å². The Hall–Kier alpha value is -3.74. The molecule has 0 spiro atoms. The number of nitrogens with zero attached hydrogens (tertiary/aromatic N) is 3. The zero-order chi connectivity index (χ0) is 23.2. The van der Waals surface area contributed by atoms with Crippen LogP contribution in [0.3, 0.4) is 0 Å². The number of piperidine rings is 1. The average Bonchev–Trinajstić information content (AvgIpc) is 2.85. The van der Waals surface area contributed by atoms with Crippen molar-refractivity contribution in [2.24, 2.45) is 0 Å². The normalized spacial score (nSPS) is 14.1. The van der Waals surface area contributed by atoms with E-state index in [9.17, 15) is 9.59 Å². The first kappa shape index (κ1) is 22.5. The van der Waals surface area contributed by atoms with Crippen molar-refractivity contribution in [1.29, 1.82) is 0 Å². The van der Waals surface area contributed by atoms with Gasteiger partial charge >= 0.3 is 0 Å². The summed E-state index contributed by atoms with van der Waals surface area (Å²) in [5, 5.41) is 2.87. The van der Waals surface area contributed by atoms with E-state index in [2.05, 4.69) is 15.3 Å². The van der Waals surface area contributed by atoms with Crippen molar-refractivity contribution < 1.29 is 14.3 Å². The largest absolute Gasteiger partial charge is 0.493 e. The van der Waals surface area contributed by atoms with Gasteiger partial charge in [0, 0.05) is 30.9 Å². The standard InChI is InChI=1S/C26H28N4O3/c1-3-33-23-12-8-7-11-21(23)26(32)30-15-13-19(14-16-30)24-27-17-22(18(2)28-24)25(31)29-20-9-5-4-6-10-20/h4-12,17,19H,3,13-16H2,1-2H3,(H,29,31). The maximum atomic E-state index is 13.0. The van der Waals surface area contributed by atoms with E-state index in [-0.39, 0.29) is 17.7 Å². The number of amides is 2. The molecule has 0 saturated carbocycles. The van der Waals surface area contributed by atoms with Crippen LogP contribution in [-0.2, 0) is 0 Å². The van der Waals surface area contributed by atoms with E-state index in [1.165, 1.54) is 0 Å². The van der Waals surface area contributed by atoms with Crippen LogP contribution in [0.25, 0.3) is 0 Å². The number of carbonyl (C=O) groups is 2. The van der Waals surface area contributed by atoms with Crippen molar-refractivity contribution in [1.82, 2.24) is 14.9 Å². The van der Waals surface area contributed by atoms with Crippen LogP contribution in [0, 0.1) is 6.92 Å². The van der Waals surface area contributed by atoms with Gasteiger partial charge in [-0.1, -0.05) is 30.3 Å². The highest BCUT2D eigenvalue weighted by atomic mass is 16.5. The first-order chi connectivity index (χ1) is 16.1. The molecule has 1 aromatic heterocycles. The molecule has 0 aliphatic carbocycles. The van der Waals surface area contributed by atoms with Gasteiger partial charge in [-0.25, -0.2) is 9.97 Å². The molecular formula is C26H28N4O3. The van der Waals surface area contributed by atoms with Crippen LogP contribution < -0.4 is 10.1 Å². The number of likely N-dealkylation sites (tertiary alicyclic amines) is 1. The SMILES string of the molecule is CCOc1ccccc1C(=O)N1CCC(c2ncc(C(=O)Nc3ccccc3)c(C)n2)CC1. The van der Waals surface area contributed by atoms with Crippen molar-refractivity contribution in [3.8, 4) is 5.75 Å². The average molecular weight is 445 g/mol. The predicted octanol–water partition coefficient (Wildman–Crippen LogP) is 4.46. The minimum atomic E-state index is -0.223. The number of nitrogens with one attached hydrogen (secondary N) is 1. The summed E-state index contributed by atoms with van der Waals surface area (Å²) in [6, 6.07) is 16.7. The molecule has 0 atom stereocenters. The minimum absolute atomic E-state index is 0.0115. The van der Waals surface area contributed by atoms with E-state index in [4.69, 9.17) is 4.74 Å². The molecule has 1 fully saturated rings. The van der Waals surface area contributed by atoms with Crippen molar-refractivity contribution in [2.75, 3.05) is 25.0 Å². The van der Waals surface area contributed by atoms with Gasteiger partial charge in [0.25, 0.3) is 11.8 Å². The molecule has 2 heterocycles. The molecule has 0 radical (unpaired) electrons. The van der Waals surface area contributed by atoms with E-state index < -0.39 is 0 Å². The van der Waals surface area contributed by atoms with Gasteiger partial charge in [-0.2, -0.15) is 0 Å². The fraction of sp³-hybridized carbons (Fsp3) is 0.308. The monoisotopic (exact) mass is 444 g/mol. The lowest BCUT2D eigenvalue weighted by molar-refractivity contribution is 0.0706. The predicted molar refractivity (Wildman–Crippen MR) is 127 cm³/mol. The molecule has 2 amide bonds. The second-order valence-corrected chi connectivity index (χ2v) is 8.04. The highest BCUT2D eigenvalue weighted by Crippen LogP contribution is 2.28. The number of anilines is 1. The Morgan fingerprint density at radius 1 is 1.03 bits per heavy atom. The Balaban J connectivity index is 1.39. The van der Waals surface area contributed by atoms with Crippen LogP contribution in [0.1, 0.15) is 57.9 Å². The Bertz CT molecular complexity index is 1130. The zero-order valence-corrected chi connectivity index (χ0v) is 19.0. The fourth-order valence-electron chi connectivity index (χ4n) is 4.06. The van der Waals surface area contributed by atoms with Crippen LogP contribution in [0.5, 0.6) is 5.75 Å². The minimum Gasteiger partial charge on any atom is -0.493 e. The molecule has 4 rings (SSSR count). The maximum Gasteiger partial charge on any atom is 0.259 e. The van der Waals surface area contributed by atoms with Gasteiger partial charge < -0.3 is 15.0 Å². The first-order valence-electron chi connectivity index (χ1n) is 11.3. The third-order valence-electron chi connectivity index (χ3n) is 5.84. The Morgan fingerprint density at radius 3 is 2.42 bits per heavy atom. The van der Waals surface area contributed by atoms with Crippen LogP contribution >= 0.6 is 0 Å². The van der Waals surface area contributed by atoms with E-state index in [0.29, 0.717) is 42.3 Å². The van der Waals surface area contributed by atoms with E-state index in [1.807, 2.05) is 73.3 Å². The summed E-state index contributed by atoms with van der Waals surface area (Å²) in [7, 11) is 0. The van der Waals surface area contributed by atoms with E-state index >= 15 is 0 Å². The summed E-state index contributed by atoms with van der Waals surface area (Å²) in [4.78, 5) is 36.6. The second-order valence-electron chi connectivity index (χ2n) is 8.04. The van der Waals surface area contributed by atoms with Crippen LogP contribution in [0.15, 0.2) is 60.8 Å². The van der Waals surface area contributed by atoms with Crippen LogP contribution in [0.2, 0.25) is 0 Å². The van der Waals surface area contributed by atoms with Gasteiger partial charge in [0.15, 0.2) is 0 Å². The molecule has 1 saturated heterocycles. The number of hydrogen-bond donors (Lipinski definition) is 1. The number of aryl methyl sites for hydroxylation is 1. The molecule has 2 aromatic carbocycles. The highest BCUT2D eigenvalue weighted by Gasteiger charge is 2.28. The summed E-state index contributed by atoms with van der Waals surface area (Å²) >= 11 is 0. The second kappa shape index (κ2) is 10.3. The summed E-state index contributed by atoms with van der Waals surface area (Å²) in [6.45, 7) is 5.51. The molecule has 7 heteroatoms. The molecular weight excluding hydrogens is 416 g/mol. The number of aromatic nitrogens is 2. The number of para-hydroxylation sites is 2. The molecule has 7 nitrogen and oxygen atoms in total. The van der Waals surface area contributed by atoms with Crippen molar-refractivity contribution in [2.45, 2.75) is 32.6 Å². The number of benzene rings is 2. The number of ether oxygens (including phenoxy) is 1. The lowest BCUT2D eigenvalue weighted by Crippen LogP contribution is -2.38. The summed E-state index contributed by atoms with van der Waals surface area (Å²) < 4.78 is 5.62. The molecule has 3 aromatic rings. The zero-order valence-electron chi connectivity index (χ0n) is 19.0. The maximum absolute atomic E-state index is 13.0. The smallest absolute Gasteiger partial charge is 0.259 e. The van der Waals surface area contributed by atoms with Crippen molar-refractivity contribution in [3.63, 3.8) is 0 Å². The lowest BCUT2D eigenvalue weighted by atomic mass is 9.95. The number of hydrogen-bond acceptors (Lipinski definition) is 5. The molecule has 33 heavy (non-hydrogen) atoms. The van der Waals surface area contributed by atoms with Crippen molar-refractivity contribution in [3.05, 3.63) is 83.4 Å². The molecule has 1 N–H and O–H groups in total. The Kier molecular flexibility index (Phi) is 6.98. The van der Waals surface area contributed by atoms with Crippen LogP contribution in [0.4, 0.5) is 5.69 Å². The van der Waals surface area contributed by atoms with Gasteiger partial charge in [-0.15, -0.1) is 0 Å². The van der Waals surface area contributed by atoms with Crippen LogP contribution in [-0.4, -0.2) is 46.4 Å². The molecule has 1 aliphatic heterocycles. The summed E-state index contributed by atoms with van der Waals surface area (Å²) in [6.07, 6.45) is 3.15. The van der Waals surface area contributed by atoms with Gasteiger partial charge in [-0.3, -0.25) is 9.59 Å². The summed E-state index contributed by atoms with van der Waals surface area (Å²) in [5.74, 6) is 1.27. The van der Waals surface area contributed by atoms with E-state index in [1.54, 1.807) is 6.20 Å². The number of carbonyl (C=O) groups excluding carboxylic acids is 2. The van der Waals surface area contributed by atoms with Gasteiger partial charge in [0.1, 0.15) is 11.6 Å². The van der Waals surface area contributed by atoms with Crippen molar-refractivity contribution >= 4 is 17.5 Å². The molecule has 1 aliphatic rings.